The van der Waals surface area contributed by atoms with Gasteiger partial charge in [-0.3, -0.25) is 0 Å². The number of benzene rings is 2. The molecule has 0 N–H and O–H groups in total. The molecule has 0 bridgehead atoms. The minimum Gasteiger partial charge on any atom is -1.00 e. The number of hydrogen-bond acceptors (Lipinski definition) is 0. The fraction of sp³-hybridized carbons (Fsp3) is 0.462. The number of imidazole rings is 2. The number of hydrogen-bond donors (Lipinski definition) is 0. The minimum atomic E-state index is 0. The smallest absolute Gasteiger partial charge is 0.244 e. The zero-order valence-corrected chi connectivity index (χ0v) is 23.7. The van der Waals surface area contributed by atoms with E-state index in [4.69, 9.17) is 0 Å². The first kappa shape index (κ1) is 27.1. The Hall–Kier alpha value is -1.16. The van der Waals surface area contributed by atoms with E-state index in [0.717, 1.165) is 13.1 Å². The number of aryl methyl sites for hydroxylation is 4. The molecule has 32 heavy (non-hydrogen) atoms. The Labute approximate surface area is 226 Å². The molecule has 2 heterocycles. The average Bonchev–Trinajstić information content (AvgIpc) is 3.27. The molecule has 4 nitrogen and oxygen atoms in total. The average molecular weight is 658 g/mol. The van der Waals surface area contributed by atoms with Crippen molar-refractivity contribution in [1.82, 2.24) is 9.13 Å². The molecular formula is C26H36I2N4. The molecule has 0 radical (unpaired) electrons. The maximum absolute atomic E-state index is 2.40. The van der Waals surface area contributed by atoms with Gasteiger partial charge in [-0.25, -0.2) is 18.3 Å². The predicted octanol–water partition coefficient (Wildman–Crippen LogP) is -0.926. The molecule has 0 spiro atoms. The van der Waals surface area contributed by atoms with Gasteiger partial charge in [0.25, 0.3) is 0 Å². The maximum Gasteiger partial charge on any atom is 0.244 e. The van der Waals surface area contributed by atoms with Gasteiger partial charge in [0, 0.05) is 0 Å². The lowest BCUT2D eigenvalue weighted by Crippen LogP contribution is -3.00. The van der Waals surface area contributed by atoms with Gasteiger partial charge in [0.05, 0.1) is 27.2 Å². The lowest BCUT2D eigenvalue weighted by atomic mass is 10.1. The molecule has 4 rings (SSSR count). The van der Waals surface area contributed by atoms with Gasteiger partial charge >= 0.3 is 0 Å². The van der Waals surface area contributed by atoms with Gasteiger partial charge in [-0.2, -0.15) is 0 Å². The molecule has 2 aromatic carbocycles. The van der Waals surface area contributed by atoms with Gasteiger partial charge in [0.1, 0.15) is 0 Å². The summed E-state index contributed by atoms with van der Waals surface area (Å²) in [6, 6.07) is 17.4. The second kappa shape index (κ2) is 13.5. The van der Waals surface area contributed by atoms with E-state index in [1.54, 1.807) is 0 Å². The van der Waals surface area contributed by atoms with Crippen molar-refractivity contribution in [2.24, 2.45) is 14.1 Å². The number of fused-ring (bicyclic) bond motifs is 2. The molecule has 0 aliphatic heterocycles. The Kier molecular flexibility index (Phi) is 11.4. The Morgan fingerprint density at radius 1 is 0.531 bits per heavy atom. The topological polar surface area (TPSA) is 17.6 Å². The highest BCUT2D eigenvalue weighted by atomic mass is 127. The Morgan fingerprint density at radius 2 is 0.875 bits per heavy atom. The standard InChI is InChI=1S/C26H36N4.2HI/c1-27-21-29(25-17-11-9-15-23(25)27)19-13-7-5-3-4-6-8-14-20-30-22-28(2)24-16-10-12-18-26(24)30;;/h9-12,15-18,21-22H,3-8,13-14,19-20H2,1-2H3;2*1H/q+2;;/p-2. The Bertz CT molecular complexity index is 1010. The molecule has 0 saturated heterocycles. The number of rotatable bonds is 11. The molecule has 2 aromatic heterocycles. The highest BCUT2D eigenvalue weighted by molar-refractivity contribution is 5.72. The van der Waals surface area contributed by atoms with Crippen molar-refractivity contribution in [3.63, 3.8) is 0 Å². The highest BCUT2D eigenvalue weighted by Crippen LogP contribution is 2.15. The van der Waals surface area contributed by atoms with Crippen molar-refractivity contribution in [3.8, 4) is 0 Å². The van der Waals surface area contributed by atoms with Crippen molar-refractivity contribution in [2.45, 2.75) is 64.5 Å². The fourth-order valence-corrected chi connectivity index (χ4v) is 4.66. The second-order valence-corrected chi connectivity index (χ2v) is 8.65. The molecule has 4 aromatic rings. The van der Waals surface area contributed by atoms with E-state index < -0.39 is 0 Å². The lowest BCUT2D eigenvalue weighted by Gasteiger charge is -2.02. The van der Waals surface area contributed by atoms with Crippen molar-refractivity contribution < 1.29 is 57.1 Å². The molecule has 174 valence electrons. The monoisotopic (exact) mass is 658 g/mol. The van der Waals surface area contributed by atoms with Crippen LogP contribution in [0.2, 0.25) is 0 Å². The maximum atomic E-state index is 2.40. The van der Waals surface area contributed by atoms with E-state index in [1.165, 1.54) is 73.4 Å². The Balaban J connectivity index is 0.00000181. The molecule has 0 fully saturated rings. The molecule has 0 amide bonds. The van der Waals surface area contributed by atoms with Crippen LogP contribution >= 0.6 is 0 Å². The van der Waals surface area contributed by atoms with E-state index in [2.05, 4.69) is 93.5 Å². The second-order valence-electron chi connectivity index (χ2n) is 8.65. The third kappa shape index (κ3) is 6.68. The number of halogens is 2. The summed E-state index contributed by atoms with van der Waals surface area (Å²) in [5.41, 5.74) is 5.34. The number of aromatic nitrogens is 4. The van der Waals surface area contributed by atoms with Crippen molar-refractivity contribution >= 4 is 22.1 Å². The summed E-state index contributed by atoms with van der Waals surface area (Å²) in [4.78, 5) is 0. The van der Waals surface area contributed by atoms with Crippen LogP contribution in [-0.4, -0.2) is 9.13 Å². The lowest BCUT2D eigenvalue weighted by molar-refractivity contribution is -0.645. The molecule has 0 unspecified atom stereocenters. The van der Waals surface area contributed by atoms with Gasteiger partial charge in [-0.1, -0.05) is 49.9 Å². The summed E-state index contributed by atoms with van der Waals surface area (Å²) in [7, 11) is 4.27. The van der Waals surface area contributed by atoms with E-state index in [9.17, 15) is 0 Å². The van der Waals surface area contributed by atoms with Crippen LogP contribution in [0.3, 0.4) is 0 Å². The van der Waals surface area contributed by atoms with E-state index >= 15 is 0 Å². The summed E-state index contributed by atoms with van der Waals surface area (Å²) in [6.07, 6.45) is 15.2. The van der Waals surface area contributed by atoms with Crippen LogP contribution in [0.25, 0.3) is 22.1 Å². The summed E-state index contributed by atoms with van der Waals surface area (Å²) in [6.45, 7) is 2.26. The first-order valence-electron chi connectivity index (χ1n) is 11.6. The zero-order valence-electron chi connectivity index (χ0n) is 19.4. The van der Waals surface area contributed by atoms with E-state index in [0.29, 0.717) is 0 Å². The minimum absolute atomic E-state index is 0. The normalized spacial score (nSPS) is 10.9. The molecule has 0 aliphatic rings. The van der Waals surface area contributed by atoms with Crippen LogP contribution in [0.5, 0.6) is 0 Å². The van der Waals surface area contributed by atoms with Gasteiger partial charge in [-0.15, -0.1) is 0 Å². The van der Waals surface area contributed by atoms with Gasteiger partial charge in [-0.05, 0) is 49.9 Å². The quantitative estimate of drug-likeness (QED) is 0.113. The van der Waals surface area contributed by atoms with Crippen LogP contribution in [0.1, 0.15) is 51.4 Å². The summed E-state index contributed by atoms with van der Waals surface area (Å²) < 4.78 is 9.26. The third-order valence-electron chi connectivity index (χ3n) is 6.32. The van der Waals surface area contributed by atoms with Crippen LogP contribution in [0.4, 0.5) is 0 Å². The fourth-order valence-electron chi connectivity index (χ4n) is 4.66. The summed E-state index contributed by atoms with van der Waals surface area (Å²) >= 11 is 0. The van der Waals surface area contributed by atoms with E-state index in [-0.39, 0.29) is 48.0 Å². The van der Waals surface area contributed by atoms with Crippen molar-refractivity contribution in [2.75, 3.05) is 0 Å². The Morgan fingerprint density at radius 3 is 1.28 bits per heavy atom. The van der Waals surface area contributed by atoms with Crippen molar-refractivity contribution in [1.29, 1.82) is 0 Å². The number of unbranched alkanes of at least 4 members (excludes halogenated alkanes) is 7. The molecule has 0 atom stereocenters. The molecule has 6 heteroatoms. The van der Waals surface area contributed by atoms with Crippen LogP contribution < -0.4 is 57.1 Å². The van der Waals surface area contributed by atoms with Gasteiger partial charge in [0.15, 0.2) is 22.1 Å². The largest absolute Gasteiger partial charge is 1.00 e. The SMILES string of the molecule is C[n+]1cn(CCCCCCCCCCn2c[n+](C)c3ccccc32)c2ccccc21.[I-].[I-]. The predicted molar refractivity (Wildman–Crippen MR) is 123 cm³/mol. The summed E-state index contributed by atoms with van der Waals surface area (Å²) in [5, 5.41) is 0. The third-order valence-corrected chi connectivity index (χ3v) is 6.32. The summed E-state index contributed by atoms with van der Waals surface area (Å²) in [5.74, 6) is 0. The molecule has 0 saturated carbocycles. The van der Waals surface area contributed by atoms with Crippen molar-refractivity contribution in [3.05, 3.63) is 61.2 Å². The number of para-hydroxylation sites is 4. The van der Waals surface area contributed by atoms with Crippen LogP contribution in [-0.2, 0) is 27.2 Å². The highest BCUT2D eigenvalue weighted by Gasteiger charge is 2.12. The zero-order chi connectivity index (χ0) is 20.8. The van der Waals surface area contributed by atoms with Crippen LogP contribution in [0.15, 0.2) is 61.2 Å². The van der Waals surface area contributed by atoms with E-state index in [1.807, 2.05) is 0 Å². The first-order chi connectivity index (χ1) is 14.7. The van der Waals surface area contributed by atoms with Gasteiger partial charge in [0.2, 0.25) is 12.7 Å². The van der Waals surface area contributed by atoms with Crippen LogP contribution in [0, 0.1) is 0 Å². The number of nitrogens with zero attached hydrogens (tertiary/aromatic N) is 4. The molecular weight excluding hydrogens is 622 g/mol. The first-order valence-corrected chi connectivity index (χ1v) is 11.6. The van der Waals surface area contributed by atoms with Gasteiger partial charge < -0.3 is 48.0 Å². The molecule has 0 aliphatic carbocycles.